The van der Waals surface area contributed by atoms with E-state index in [0.717, 1.165) is 55.6 Å². The van der Waals surface area contributed by atoms with Gasteiger partial charge in [-0.2, -0.15) is 4.98 Å². The molecule has 2 aromatic heterocycles. The maximum Gasteiger partial charge on any atom is 0.231 e. The van der Waals surface area contributed by atoms with E-state index >= 15 is 0 Å². The smallest absolute Gasteiger partial charge is 0.231 e. The highest BCUT2D eigenvalue weighted by Gasteiger charge is 2.32. The van der Waals surface area contributed by atoms with Crippen molar-refractivity contribution < 1.29 is 9.05 Å². The molecule has 0 bridgehead atoms. The van der Waals surface area contributed by atoms with Crippen LogP contribution in [0.3, 0.4) is 0 Å². The van der Waals surface area contributed by atoms with Gasteiger partial charge in [0.25, 0.3) is 0 Å². The second-order valence-corrected chi connectivity index (χ2v) is 6.64. The first-order valence-corrected chi connectivity index (χ1v) is 8.18. The first kappa shape index (κ1) is 13.9. The minimum atomic E-state index is 0.356. The number of nitrogens with zero attached hydrogens (tertiary/aromatic N) is 4. The van der Waals surface area contributed by atoms with E-state index in [0.29, 0.717) is 11.8 Å². The van der Waals surface area contributed by atoms with Crippen LogP contribution in [-0.2, 0) is 6.54 Å². The maximum absolute atomic E-state index is 5.52. The average molecular weight is 302 g/mol. The number of hydrogen-bond donors (Lipinski definition) is 0. The van der Waals surface area contributed by atoms with Crippen molar-refractivity contribution in [3.05, 3.63) is 28.7 Å². The van der Waals surface area contributed by atoms with Gasteiger partial charge in [0.05, 0.1) is 11.6 Å². The molecule has 0 aromatic carbocycles. The van der Waals surface area contributed by atoms with Crippen molar-refractivity contribution in [2.75, 3.05) is 13.1 Å². The van der Waals surface area contributed by atoms with Crippen molar-refractivity contribution in [1.82, 2.24) is 20.2 Å². The molecule has 1 aliphatic carbocycles. The molecule has 6 nitrogen and oxygen atoms in total. The molecule has 2 fully saturated rings. The van der Waals surface area contributed by atoms with E-state index in [1.54, 1.807) is 0 Å². The van der Waals surface area contributed by atoms with Crippen LogP contribution in [0.5, 0.6) is 0 Å². The summed E-state index contributed by atoms with van der Waals surface area (Å²) in [6.45, 7) is 6.95. The monoisotopic (exact) mass is 302 g/mol. The van der Waals surface area contributed by atoms with Crippen molar-refractivity contribution in [3.8, 4) is 0 Å². The largest absolute Gasteiger partial charge is 0.361 e. The summed E-state index contributed by atoms with van der Waals surface area (Å²) < 4.78 is 10.8. The van der Waals surface area contributed by atoms with E-state index in [9.17, 15) is 0 Å². The molecule has 0 amide bonds. The fourth-order valence-corrected chi connectivity index (χ4v) is 3.27. The molecule has 0 spiro atoms. The van der Waals surface area contributed by atoms with Gasteiger partial charge in [-0.1, -0.05) is 10.3 Å². The van der Waals surface area contributed by atoms with Crippen LogP contribution in [0, 0.1) is 13.8 Å². The molecule has 1 saturated carbocycles. The summed E-state index contributed by atoms with van der Waals surface area (Å²) in [4.78, 5) is 7.07. The molecule has 22 heavy (non-hydrogen) atoms. The third kappa shape index (κ3) is 2.67. The van der Waals surface area contributed by atoms with E-state index in [2.05, 4.69) is 20.2 Å². The molecule has 1 aliphatic heterocycles. The Balaban J connectivity index is 1.44. The first-order chi connectivity index (χ1) is 10.7. The normalized spacial score (nSPS) is 23.1. The summed E-state index contributed by atoms with van der Waals surface area (Å²) in [5.41, 5.74) is 2.21. The molecule has 2 aromatic rings. The Morgan fingerprint density at radius 3 is 2.68 bits per heavy atom. The number of rotatable bonds is 4. The zero-order valence-corrected chi connectivity index (χ0v) is 13.2. The van der Waals surface area contributed by atoms with Crippen LogP contribution < -0.4 is 0 Å². The molecule has 1 atom stereocenters. The summed E-state index contributed by atoms with van der Waals surface area (Å²) in [5.74, 6) is 3.57. The van der Waals surface area contributed by atoms with Gasteiger partial charge in [0.15, 0.2) is 5.82 Å². The third-order valence-electron chi connectivity index (χ3n) is 4.82. The standard InChI is InChI=1S/C16H22N4O2/c1-10-14(11(2)21-18-10)9-20-7-3-4-13(8-20)16-17-15(19-22-16)12-5-6-12/h12-13H,3-9H2,1-2H3. The Labute approximate surface area is 129 Å². The highest BCUT2D eigenvalue weighted by molar-refractivity contribution is 5.20. The summed E-state index contributed by atoms with van der Waals surface area (Å²) in [7, 11) is 0. The van der Waals surface area contributed by atoms with Crippen molar-refractivity contribution >= 4 is 0 Å². The van der Waals surface area contributed by atoms with Crippen LogP contribution in [0.1, 0.15) is 66.3 Å². The van der Waals surface area contributed by atoms with Crippen molar-refractivity contribution in [3.63, 3.8) is 0 Å². The SMILES string of the molecule is Cc1noc(C)c1CN1CCCC(c2nc(C3CC3)no2)C1. The van der Waals surface area contributed by atoms with Crippen LogP contribution in [0.25, 0.3) is 0 Å². The van der Waals surface area contributed by atoms with Crippen molar-refractivity contribution in [2.24, 2.45) is 0 Å². The first-order valence-electron chi connectivity index (χ1n) is 8.18. The van der Waals surface area contributed by atoms with Crippen LogP contribution in [0.15, 0.2) is 9.05 Å². The van der Waals surface area contributed by atoms with Gasteiger partial charge >= 0.3 is 0 Å². The van der Waals surface area contributed by atoms with Crippen LogP contribution in [0.2, 0.25) is 0 Å². The second-order valence-electron chi connectivity index (χ2n) is 6.64. The van der Waals surface area contributed by atoms with Gasteiger partial charge < -0.3 is 9.05 Å². The molecule has 118 valence electrons. The molecule has 1 unspecified atom stereocenters. The fraction of sp³-hybridized carbons (Fsp3) is 0.688. The Bertz CT molecular complexity index is 639. The Morgan fingerprint density at radius 1 is 1.09 bits per heavy atom. The molecule has 1 saturated heterocycles. The molecule has 3 heterocycles. The molecule has 2 aliphatic rings. The predicted molar refractivity (Wildman–Crippen MR) is 79.5 cm³/mol. The summed E-state index contributed by atoms with van der Waals surface area (Å²) in [6, 6.07) is 0. The lowest BCUT2D eigenvalue weighted by atomic mass is 9.97. The van der Waals surface area contributed by atoms with Gasteiger partial charge in [-0.3, -0.25) is 4.90 Å². The molecular formula is C16H22N4O2. The summed E-state index contributed by atoms with van der Waals surface area (Å²) in [6.07, 6.45) is 4.71. The van der Waals surface area contributed by atoms with Crippen molar-refractivity contribution in [1.29, 1.82) is 0 Å². The highest BCUT2D eigenvalue weighted by Crippen LogP contribution is 2.39. The fourth-order valence-electron chi connectivity index (χ4n) is 3.27. The van der Waals surface area contributed by atoms with Crippen LogP contribution in [0.4, 0.5) is 0 Å². The quantitative estimate of drug-likeness (QED) is 0.865. The summed E-state index contributed by atoms with van der Waals surface area (Å²) in [5, 5.41) is 8.20. The minimum Gasteiger partial charge on any atom is -0.361 e. The number of hydrogen-bond acceptors (Lipinski definition) is 6. The molecular weight excluding hydrogens is 280 g/mol. The summed E-state index contributed by atoms with van der Waals surface area (Å²) >= 11 is 0. The van der Waals surface area contributed by atoms with E-state index in [1.165, 1.54) is 18.4 Å². The Morgan fingerprint density at radius 2 is 1.95 bits per heavy atom. The van der Waals surface area contributed by atoms with Gasteiger partial charge in [0, 0.05) is 24.6 Å². The van der Waals surface area contributed by atoms with Gasteiger partial charge in [-0.15, -0.1) is 0 Å². The molecule has 0 radical (unpaired) electrons. The van der Waals surface area contributed by atoms with Gasteiger partial charge in [0.1, 0.15) is 5.76 Å². The molecule has 0 N–H and O–H groups in total. The van der Waals surface area contributed by atoms with Crippen LogP contribution >= 0.6 is 0 Å². The topological polar surface area (TPSA) is 68.2 Å². The average Bonchev–Trinajstić information content (AvgIpc) is 3.19. The van der Waals surface area contributed by atoms with E-state index in [-0.39, 0.29) is 0 Å². The Kier molecular flexibility index (Phi) is 3.48. The molecule has 4 rings (SSSR count). The van der Waals surface area contributed by atoms with Crippen LogP contribution in [-0.4, -0.2) is 33.3 Å². The molecule has 6 heteroatoms. The lowest BCUT2D eigenvalue weighted by Crippen LogP contribution is -2.34. The minimum absolute atomic E-state index is 0.356. The lowest BCUT2D eigenvalue weighted by Gasteiger charge is -2.30. The number of likely N-dealkylation sites (tertiary alicyclic amines) is 1. The Hall–Kier alpha value is -1.69. The zero-order chi connectivity index (χ0) is 15.1. The second kappa shape index (κ2) is 5.50. The lowest BCUT2D eigenvalue weighted by molar-refractivity contribution is 0.179. The van der Waals surface area contributed by atoms with E-state index < -0.39 is 0 Å². The van der Waals surface area contributed by atoms with Gasteiger partial charge in [0.2, 0.25) is 5.89 Å². The highest BCUT2D eigenvalue weighted by atomic mass is 16.5. The maximum atomic E-state index is 5.52. The van der Waals surface area contributed by atoms with Gasteiger partial charge in [-0.05, 0) is 46.1 Å². The zero-order valence-electron chi connectivity index (χ0n) is 13.2. The number of aryl methyl sites for hydroxylation is 2. The third-order valence-corrected chi connectivity index (χ3v) is 4.82. The van der Waals surface area contributed by atoms with E-state index in [4.69, 9.17) is 9.05 Å². The van der Waals surface area contributed by atoms with E-state index in [1.807, 2.05) is 13.8 Å². The van der Waals surface area contributed by atoms with Gasteiger partial charge in [-0.25, -0.2) is 0 Å². The predicted octanol–water partition coefficient (Wildman–Crippen LogP) is 2.93. The number of piperidine rings is 1. The van der Waals surface area contributed by atoms with Crippen molar-refractivity contribution in [2.45, 2.75) is 57.9 Å². The number of aromatic nitrogens is 3.